The molecule has 1 aliphatic heterocycles. The van der Waals surface area contributed by atoms with Gasteiger partial charge in [-0.2, -0.15) is 0 Å². The van der Waals surface area contributed by atoms with Crippen LogP contribution in [0.5, 0.6) is 0 Å². The fourth-order valence-corrected chi connectivity index (χ4v) is 4.24. The second-order valence-electron chi connectivity index (χ2n) is 3.73. The van der Waals surface area contributed by atoms with Crippen LogP contribution in [0, 0.1) is 0 Å². The van der Waals surface area contributed by atoms with E-state index < -0.39 is 21.1 Å². The van der Waals surface area contributed by atoms with E-state index in [9.17, 15) is 17.8 Å². The van der Waals surface area contributed by atoms with Gasteiger partial charge in [-0.1, -0.05) is 11.6 Å². The molecule has 1 unspecified atom stereocenters. The molecule has 0 saturated carbocycles. The standard InChI is InChI=1S/C10H9ClO4S2.Na/c11-6-1-2-10-8(3-6)9(12)4-7(16-10)5-17(13,14)15;/h1-3,7H,4-5H2,(H,13,14,15);/q;+1/p-1. The first-order valence-electron chi connectivity index (χ1n) is 4.78. The maximum absolute atomic E-state index is 11.8. The van der Waals surface area contributed by atoms with Crippen LogP contribution in [-0.4, -0.2) is 29.8 Å². The maximum Gasteiger partial charge on any atom is 1.00 e. The largest absolute Gasteiger partial charge is 1.00 e. The van der Waals surface area contributed by atoms with Gasteiger partial charge < -0.3 is 4.55 Å². The third-order valence-corrected chi connectivity index (χ3v) is 4.87. The maximum atomic E-state index is 11.8. The minimum atomic E-state index is -4.31. The Kier molecular flexibility index (Phi) is 5.74. The van der Waals surface area contributed by atoms with E-state index in [2.05, 4.69) is 0 Å². The summed E-state index contributed by atoms with van der Waals surface area (Å²) in [5.74, 6) is -0.694. The van der Waals surface area contributed by atoms with Crippen LogP contribution in [0.3, 0.4) is 0 Å². The van der Waals surface area contributed by atoms with Crippen molar-refractivity contribution in [2.45, 2.75) is 16.6 Å². The zero-order valence-electron chi connectivity index (χ0n) is 9.55. The molecular weight excluding hydrogens is 307 g/mol. The molecule has 0 bridgehead atoms. The normalized spacial score (nSPS) is 19.0. The Balaban J connectivity index is 0.00000162. The molecule has 0 aliphatic carbocycles. The van der Waals surface area contributed by atoms with E-state index in [0.29, 0.717) is 15.5 Å². The van der Waals surface area contributed by atoms with E-state index >= 15 is 0 Å². The second kappa shape index (κ2) is 6.26. The molecule has 0 aromatic heterocycles. The van der Waals surface area contributed by atoms with Gasteiger partial charge >= 0.3 is 29.6 Å². The number of Topliss-reactive ketones (excluding diaryl/α,β-unsaturated/α-hetero) is 1. The Morgan fingerprint density at radius 2 is 2.11 bits per heavy atom. The van der Waals surface area contributed by atoms with Gasteiger partial charge in [-0.15, -0.1) is 11.8 Å². The molecule has 0 spiro atoms. The summed E-state index contributed by atoms with van der Waals surface area (Å²) in [6.45, 7) is 0. The Hall–Kier alpha value is 0.440. The predicted octanol–water partition coefficient (Wildman–Crippen LogP) is -1.06. The van der Waals surface area contributed by atoms with Crippen LogP contribution in [0.25, 0.3) is 0 Å². The molecule has 4 nitrogen and oxygen atoms in total. The van der Waals surface area contributed by atoms with Crippen LogP contribution >= 0.6 is 23.4 Å². The van der Waals surface area contributed by atoms with Crippen LogP contribution in [0.15, 0.2) is 23.1 Å². The summed E-state index contributed by atoms with van der Waals surface area (Å²) in [7, 11) is -4.31. The van der Waals surface area contributed by atoms with E-state index in [-0.39, 0.29) is 41.8 Å². The molecule has 1 aliphatic rings. The van der Waals surface area contributed by atoms with Gasteiger partial charge in [0.1, 0.15) is 0 Å². The van der Waals surface area contributed by atoms with Crippen molar-refractivity contribution >= 4 is 39.3 Å². The van der Waals surface area contributed by atoms with Gasteiger partial charge in [-0.3, -0.25) is 4.79 Å². The quantitative estimate of drug-likeness (QED) is 0.514. The van der Waals surface area contributed by atoms with Crippen molar-refractivity contribution in [3.05, 3.63) is 28.8 Å². The molecule has 0 saturated heterocycles. The van der Waals surface area contributed by atoms with Crippen LogP contribution in [0.4, 0.5) is 0 Å². The summed E-state index contributed by atoms with van der Waals surface area (Å²) in [4.78, 5) is 12.4. The Morgan fingerprint density at radius 1 is 1.44 bits per heavy atom. The van der Waals surface area contributed by atoms with Crippen LogP contribution in [0.2, 0.25) is 5.02 Å². The molecule has 2 rings (SSSR count). The van der Waals surface area contributed by atoms with Gasteiger partial charge in [0.05, 0.1) is 15.9 Å². The number of hydrogen-bond donors (Lipinski definition) is 0. The predicted molar refractivity (Wildman–Crippen MR) is 64.6 cm³/mol. The molecule has 0 radical (unpaired) electrons. The molecule has 1 aromatic rings. The number of carbonyl (C=O) groups excluding carboxylic acids is 1. The van der Waals surface area contributed by atoms with E-state index in [4.69, 9.17) is 11.6 Å². The Bertz CT molecular complexity index is 573. The Morgan fingerprint density at radius 3 is 2.72 bits per heavy atom. The first-order chi connectivity index (χ1) is 7.85. The third-order valence-electron chi connectivity index (χ3n) is 2.34. The Labute approximate surface area is 137 Å². The smallest absolute Gasteiger partial charge is 0.748 e. The molecule has 0 amide bonds. The molecule has 0 fully saturated rings. The van der Waals surface area contributed by atoms with Gasteiger partial charge in [-0.25, -0.2) is 8.42 Å². The SMILES string of the molecule is O=C1CC(CS(=O)(=O)[O-])Sc2ccc(Cl)cc21.[Na+]. The molecule has 18 heavy (non-hydrogen) atoms. The summed E-state index contributed by atoms with van der Waals surface area (Å²) >= 11 is 7.02. The van der Waals surface area contributed by atoms with Crippen LogP contribution in [0.1, 0.15) is 16.8 Å². The number of rotatable bonds is 2. The summed E-state index contributed by atoms with van der Waals surface area (Å²) in [5.41, 5.74) is 0.502. The molecular formula is C10H8ClNaO4S2. The van der Waals surface area contributed by atoms with Crippen molar-refractivity contribution in [3.63, 3.8) is 0 Å². The summed E-state index contributed by atoms with van der Waals surface area (Å²) in [6.07, 6.45) is 0.0550. The molecule has 1 atom stereocenters. The molecule has 1 heterocycles. The minimum Gasteiger partial charge on any atom is -0.748 e. The molecule has 92 valence electrons. The van der Waals surface area contributed by atoms with E-state index in [0.717, 1.165) is 0 Å². The number of hydrogen-bond acceptors (Lipinski definition) is 5. The van der Waals surface area contributed by atoms with Gasteiger partial charge in [0.25, 0.3) is 0 Å². The first-order valence-corrected chi connectivity index (χ1v) is 7.61. The average molecular weight is 315 g/mol. The zero-order valence-corrected chi connectivity index (χ0v) is 13.9. The van der Waals surface area contributed by atoms with Crippen LogP contribution in [-0.2, 0) is 10.1 Å². The average Bonchev–Trinajstić information content (AvgIpc) is 2.17. The van der Waals surface area contributed by atoms with Crippen molar-refractivity contribution in [1.82, 2.24) is 0 Å². The minimum absolute atomic E-state index is 0. The third kappa shape index (κ3) is 4.23. The van der Waals surface area contributed by atoms with E-state index in [1.165, 1.54) is 11.8 Å². The number of benzene rings is 1. The van der Waals surface area contributed by atoms with Crippen LogP contribution < -0.4 is 29.6 Å². The number of carbonyl (C=O) groups is 1. The first kappa shape index (κ1) is 16.5. The van der Waals surface area contributed by atoms with Crippen molar-refractivity contribution in [1.29, 1.82) is 0 Å². The summed E-state index contributed by atoms with van der Waals surface area (Å²) in [5, 5.41) is -0.0359. The molecule has 0 N–H and O–H groups in total. The summed E-state index contributed by atoms with van der Waals surface area (Å²) in [6, 6.07) is 4.87. The van der Waals surface area contributed by atoms with Gasteiger partial charge in [0.2, 0.25) is 0 Å². The van der Waals surface area contributed by atoms with Gasteiger partial charge in [0.15, 0.2) is 5.78 Å². The zero-order chi connectivity index (χ0) is 12.6. The molecule has 8 heteroatoms. The number of halogens is 1. The van der Waals surface area contributed by atoms with Gasteiger partial charge in [-0.05, 0) is 18.2 Å². The van der Waals surface area contributed by atoms with Crippen molar-refractivity contribution in [2.75, 3.05) is 5.75 Å². The fraction of sp³-hybridized carbons (Fsp3) is 0.300. The second-order valence-corrected chi connectivity index (χ2v) is 6.96. The van der Waals surface area contributed by atoms with Crippen molar-refractivity contribution < 1.29 is 47.3 Å². The van der Waals surface area contributed by atoms with E-state index in [1.807, 2.05) is 0 Å². The number of thioether (sulfide) groups is 1. The monoisotopic (exact) mass is 314 g/mol. The van der Waals surface area contributed by atoms with Gasteiger partial charge in [0, 0.05) is 27.2 Å². The number of ketones is 1. The molecule has 1 aromatic carbocycles. The fourth-order valence-electron chi connectivity index (χ4n) is 1.68. The summed E-state index contributed by atoms with van der Waals surface area (Å²) < 4.78 is 32.0. The van der Waals surface area contributed by atoms with Crippen molar-refractivity contribution in [3.8, 4) is 0 Å². The number of fused-ring (bicyclic) bond motifs is 1. The van der Waals surface area contributed by atoms with Crippen molar-refractivity contribution in [2.24, 2.45) is 0 Å². The topological polar surface area (TPSA) is 74.3 Å². The van der Waals surface area contributed by atoms with E-state index in [1.54, 1.807) is 18.2 Å².